The average Bonchev–Trinajstić information content (AvgIpc) is 2.54. The number of nitrogens with one attached hydrogen (secondary N) is 1. The van der Waals surface area contributed by atoms with E-state index in [0.717, 1.165) is 27.1 Å². The molecule has 1 N–H and O–H groups in total. The summed E-state index contributed by atoms with van der Waals surface area (Å²) < 4.78 is 11.6. The number of hydrogen-bond acceptors (Lipinski definition) is 3. The van der Waals surface area contributed by atoms with Crippen LogP contribution in [0.5, 0.6) is 11.5 Å². The summed E-state index contributed by atoms with van der Waals surface area (Å²) >= 11 is 3.45. The number of halogens is 1. The lowest BCUT2D eigenvalue weighted by Gasteiger charge is -2.16. The topological polar surface area (TPSA) is 47.6 Å². The van der Waals surface area contributed by atoms with Crippen molar-refractivity contribution >= 4 is 21.8 Å². The highest BCUT2D eigenvalue weighted by atomic mass is 79.9. The molecule has 1 atom stereocenters. The van der Waals surface area contributed by atoms with E-state index in [-0.39, 0.29) is 18.6 Å². The summed E-state index contributed by atoms with van der Waals surface area (Å²) in [4.78, 5) is 12.0. The van der Waals surface area contributed by atoms with Crippen LogP contribution in [-0.4, -0.2) is 19.6 Å². The summed E-state index contributed by atoms with van der Waals surface area (Å²) in [6.45, 7) is 3.87. The van der Waals surface area contributed by atoms with Gasteiger partial charge < -0.3 is 14.8 Å². The monoisotopic (exact) mass is 377 g/mol. The summed E-state index contributed by atoms with van der Waals surface area (Å²) in [5.74, 6) is 1.32. The molecule has 0 bridgehead atoms. The predicted molar refractivity (Wildman–Crippen MR) is 93.9 cm³/mol. The summed E-state index contributed by atoms with van der Waals surface area (Å²) in [5, 5.41) is 2.92. The summed E-state index contributed by atoms with van der Waals surface area (Å²) in [6.07, 6.45) is 0. The molecule has 23 heavy (non-hydrogen) atoms. The Hall–Kier alpha value is -2.01. The fourth-order valence-corrected chi connectivity index (χ4v) is 2.74. The Balaban J connectivity index is 1.92. The number of hydrogen-bond donors (Lipinski definition) is 1. The van der Waals surface area contributed by atoms with Crippen molar-refractivity contribution in [3.63, 3.8) is 0 Å². The van der Waals surface area contributed by atoms with Crippen LogP contribution in [0.1, 0.15) is 24.1 Å². The third kappa shape index (κ3) is 4.73. The van der Waals surface area contributed by atoms with Crippen molar-refractivity contribution in [2.45, 2.75) is 19.9 Å². The zero-order chi connectivity index (χ0) is 16.8. The van der Waals surface area contributed by atoms with E-state index < -0.39 is 0 Å². The van der Waals surface area contributed by atoms with E-state index in [9.17, 15) is 4.79 Å². The first-order valence-electron chi connectivity index (χ1n) is 7.32. The molecule has 2 aromatic carbocycles. The number of aryl methyl sites for hydroxylation is 1. The number of amides is 1. The molecule has 0 radical (unpaired) electrons. The van der Waals surface area contributed by atoms with Gasteiger partial charge >= 0.3 is 0 Å². The van der Waals surface area contributed by atoms with Crippen molar-refractivity contribution in [2.75, 3.05) is 13.7 Å². The normalized spacial score (nSPS) is 11.7. The Bertz CT molecular complexity index is 688. The number of rotatable bonds is 6. The minimum atomic E-state index is -0.160. The van der Waals surface area contributed by atoms with Crippen molar-refractivity contribution in [1.82, 2.24) is 5.32 Å². The second-order valence-corrected chi connectivity index (χ2v) is 6.09. The minimum Gasteiger partial charge on any atom is -0.496 e. The highest BCUT2D eigenvalue weighted by molar-refractivity contribution is 9.10. The molecule has 0 aliphatic rings. The van der Waals surface area contributed by atoms with Gasteiger partial charge in [-0.05, 0) is 59.1 Å². The molecule has 1 unspecified atom stereocenters. The highest BCUT2D eigenvalue weighted by Crippen LogP contribution is 2.28. The molecule has 0 heterocycles. The molecular weight excluding hydrogens is 358 g/mol. The molecule has 0 saturated heterocycles. The zero-order valence-electron chi connectivity index (χ0n) is 13.4. The molecule has 0 saturated carbocycles. The highest BCUT2D eigenvalue weighted by Gasteiger charge is 2.12. The minimum absolute atomic E-state index is 0.00742. The third-order valence-corrected chi connectivity index (χ3v) is 4.13. The van der Waals surface area contributed by atoms with Crippen molar-refractivity contribution in [3.05, 3.63) is 58.1 Å². The second kappa shape index (κ2) is 8.02. The molecular formula is C18H20BrNO3. The van der Waals surface area contributed by atoms with Crippen LogP contribution in [0.15, 0.2) is 46.9 Å². The fraction of sp³-hybridized carbons (Fsp3) is 0.278. The van der Waals surface area contributed by atoms with Crippen molar-refractivity contribution in [2.24, 2.45) is 0 Å². The molecule has 0 spiro atoms. The van der Waals surface area contributed by atoms with E-state index in [2.05, 4.69) is 21.2 Å². The Labute approximate surface area is 144 Å². The van der Waals surface area contributed by atoms with Crippen LogP contribution in [0.25, 0.3) is 0 Å². The maximum absolute atomic E-state index is 12.0. The quantitative estimate of drug-likeness (QED) is 0.826. The van der Waals surface area contributed by atoms with Gasteiger partial charge in [-0.2, -0.15) is 0 Å². The largest absolute Gasteiger partial charge is 0.496 e. The van der Waals surface area contributed by atoms with Gasteiger partial charge in [0.25, 0.3) is 5.91 Å². The number of methoxy groups -OCH3 is 1. The van der Waals surface area contributed by atoms with Gasteiger partial charge in [-0.15, -0.1) is 0 Å². The number of ether oxygens (including phenoxy) is 2. The molecule has 0 aromatic heterocycles. The van der Waals surface area contributed by atoms with Crippen LogP contribution in [0.4, 0.5) is 0 Å². The van der Waals surface area contributed by atoms with Crippen LogP contribution in [0, 0.1) is 6.92 Å². The maximum Gasteiger partial charge on any atom is 0.258 e. The van der Waals surface area contributed by atoms with Gasteiger partial charge in [0.15, 0.2) is 6.61 Å². The number of carbonyl (C=O) groups is 1. The van der Waals surface area contributed by atoms with E-state index in [0.29, 0.717) is 0 Å². The maximum atomic E-state index is 12.0. The molecule has 2 rings (SSSR count). The number of para-hydroxylation sites is 1. The van der Waals surface area contributed by atoms with Gasteiger partial charge in [-0.25, -0.2) is 0 Å². The molecule has 0 aliphatic carbocycles. The van der Waals surface area contributed by atoms with Crippen LogP contribution < -0.4 is 14.8 Å². The molecule has 0 aliphatic heterocycles. The summed E-state index contributed by atoms with van der Waals surface area (Å²) in [5.41, 5.74) is 1.99. The van der Waals surface area contributed by atoms with Crippen molar-refractivity contribution < 1.29 is 14.3 Å². The van der Waals surface area contributed by atoms with E-state index in [1.807, 2.05) is 56.3 Å². The number of benzene rings is 2. The molecule has 0 fully saturated rings. The lowest BCUT2D eigenvalue weighted by atomic mass is 10.1. The van der Waals surface area contributed by atoms with Crippen molar-refractivity contribution in [3.8, 4) is 11.5 Å². The van der Waals surface area contributed by atoms with E-state index in [1.54, 1.807) is 7.11 Å². The van der Waals surface area contributed by atoms with E-state index >= 15 is 0 Å². The first-order valence-corrected chi connectivity index (χ1v) is 8.11. The van der Waals surface area contributed by atoms with Gasteiger partial charge in [0.2, 0.25) is 0 Å². The van der Waals surface area contributed by atoms with E-state index in [4.69, 9.17) is 9.47 Å². The van der Waals surface area contributed by atoms with E-state index in [1.165, 1.54) is 0 Å². The Morgan fingerprint density at radius 2 is 1.96 bits per heavy atom. The molecule has 4 nitrogen and oxygen atoms in total. The Morgan fingerprint density at radius 1 is 1.22 bits per heavy atom. The standard InChI is InChI=1S/C18H20BrNO3/c1-12-6-4-5-7-16(12)23-11-18(21)20-13(2)14-8-9-17(22-3)15(19)10-14/h4-10,13H,11H2,1-3H3,(H,20,21). The van der Waals surface area contributed by atoms with Crippen LogP contribution in [0.2, 0.25) is 0 Å². The second-order valence-electron chi connectivity index (χ2n) is 5.24. The van der Waals surface area contributed by atoms with Crippen molar-refractivity contribution in [1.29, 1.82) is 0 Å². The predicted octanol–water partition coefficient (Wildman–Crippen LogP) is 4.02. The SMILES string of the molecule is COc1ccc(C(C)NC(=O)COc2ccccc2C)cc1Br. The van der Waals surface area contributed by atoms with Crippen LogP contribution >= 0.6 is 15.9 Å². The molecule has 5 heteroatoms. The summed E-state index contributed by atoms with van der Waals surface area (Å²) in [7, 11) is 1.62. The lowest BCUT2D eigenvalue weighted by Crippen LogP contribution is -2.31. The third-order valence-electron chi connectivity index (χ3n) is 3.51. The first kappa shape index (κ1) is 17.3. The van der Waals surface area contributed by atoms with Gasteiger partial charge in [-0.1, -0.05) is 24.3 Å². The molecule has 122 valence electrons. The average molecular weight is 378 g/mol. The van der Waals surface area contributed by atoms with Gasteiger partial charge in [0.1, 0.15) is 11.5 Å². The van der Waals surface area contributed by atoms with Crippen LogP contribution in [-0.2, 0) is 4.79 Å². The lowest BCUT2D eigenvalue weighted by molar-refractivity contribution is -0.123. The smallest absolute Gasteiger partial charge is 0.258 e. The van der Waals surface area contributed by atoms with Gasteiger partial charge in [0.05, 0.1) is 17.6 Å². The van der Waals surface area contributed by atoms with Gasteiger partial charge in [-0.3, -0.25) is 4.79 Å². The van der Waals surface area contributed by atoms with Crippen LogP contribution in [0.3, 0.4) is 0 Å². The fourth-order valence-electron chi connectivity index (χ4n) is 2.18. The Morgan fingerprint density at radius 3 is 2.61 bits per heavy atom. The first-order chi connectivity index (χ1) is 11.0. The number of carbonyl (C=O) groups excluding carboxylic acids is 1. The zero-order valence-corrected chi connectivity index (χ0v) is 15.0. The Kier molecular flexibility index (Phi) is 6.04. The van der Waals surface area contributed by atoms with Gasteiger partial charge in [0, 0.05) is 0 Å². The molecule has 2 aromatic rings. The molecule has 1 amide bonds. The summed E-state index contributed by atoms with van der Waals surface area (Å²) in [6, 6.07) is 13.2.